The average Bonchev–Trinajstić information content (AvgIpc) is 3.84. The molecule has 13 heteroatoms. The Morgan fingerprint density at radius 2 is 1.74 bits per heavy atom. The molecule has 2 fully saturated rings. The van der Waals surface area contributed by atoms with Gasteiger partial charge < -0.3 is 44.1 Å². The molecule has 1 unspecified atom stereocenters. The number of benzene rings is 1. The monoisotopic (exact) mass is 631 g/mol. The van der Waals surface area contributed by atoms with Gasteiger partial charge in [-0.05, 0) is 56.7 Å². The first kappa shape index (κ1) is 31.2. The van der Waals surface area contributed by atoms with E-state index in [1.54, 1.807) is 59.9 Å². The van der Waals surface area contributed by atoms with E-state index in [4.69, 9.17) is 9.47 Å². The second-order valence-corrected chi connectivity index (χ2v) is 12.1. The van der Waals surface area contributed by atoms with E-state index < -0.39 is 6.23 Å². The summed E-state index contributed by atoms with van der Waals surface area (Å²) in [4.78, 5) is 47.2. The highest BCUT2D eigenvalue weighted by Gasteiger charge is 2.32. The van der Waals surface area contributed by atoms with E-state index in [0.717, 1.165) is 45.3 Å². The van der Waals surface area contributed by atoms with E-state index in [1.165, 1.54) is 7.11 Å². The lowest BCUT2D eigenvalue weighted by atomic mass is 10.1. The number of ether oxygens (including phenoxy) is 2. The van der Waals surface area contributed by atoms with Crippen LogP contribution < -0.4 is 20.1 Å². The molecular formula is C33H41N7O6. The maximum absolute atomic E-state index is 13.1. The van der Waals surface area contributed by atoms with E-state index in [9.17, 15) is 19.5 Å². The highest BCUT2D eigenvalue weighted by atomic mass is 16.5. The number of amides is 3. The van der Waals surface area contributed by atoms with E-state index >= 15 is 0 Å². The molecule has 0 spiro atoms. The average molecular weight is 632 g/mol. The molecule has 2 saturated heterocycles. The predicted molar refractivity (Wildman–Crippen MR) is 173 cm³/mol. The Bertz CT molecular complexity index is 1650. The van der Waals surface area contributed by atoms with Crippen molar-refractivity contribution in [3.63, 3.8) is 0 Å². The van der Waals surface area contributed by atoms with Gasteiger partial charge in [0.05, 0.1) is 42.4 Å². The van der Waals surface area contributed by atoms with Gasteiger partial charge in [0.15, 0.2) is 11.5 Å². The Hall–Kier alpha value is -4.78. The summed E-state index contributed by atoms with van der Waals surface area (Å²) < 4.78 is 14.9. The number of hydrogen-bond donors (Lipinski definition) is 3. The first-order chi connectivity index (χ1) is 22.2. The molecule has 0 radical (unpaired) electrons. The number of carbonyl (C=O) groups excluding carboxylic acids is 3. The molecule has 3 aliphatic heterocycles. The van der Waals surface area contributed by atoms with Crippen molar-refractivity contribution in [3.8, 4) is 11.5 Å². The summed E-state index contributed by atoms with van der Waals surface area (Å²) >= 11 is 0. The van der Waals surface area contributed by atoms with Gasteiger partial charge in [-0.2, -0.15) is 0 Å². The van der Waals surface area contributed by atoms with Crippen molar-refractivity contribution in [2.45, 2.75) is 50.8 Å². The predicted octanol–water partition coefficient (Wildman–Crippen LogP) is 3.77. The minimum atomic E-state index is -0.875. The van der Waals surface area contributed by atoms with E-state index in [1.807, 2.05) is 16.0 Å². The minimum Gasteiger partial charge on any atom is -0.493 e. The van der Waals surface area contributed by atoms with Crippen molar-refractivity contribution in [1.82, 2.24) is 18.9 Å². The fourth-order valence-corrected chi connectivity index (χ4v) is 6.34. The van der Waals surface area contributed by atoms with Gasteiger partial charge >= 0.3 is 0 Å². The van der Waals surface area contributed by atoms with Crippen LogP contribution in [0.4, 0.5) is 17.1 Å². The van der Waals surface area contributed by atoms with Gasteiger partial charge in [-0.3, -0.25) is 19.4 Å². The fourth-order valence-electron chi connectivity index (χ4n) is 6.34. The number of methoxy groups -OCH3 is 1. The lowest BCUT2D eigenvalue weighted by Gasteiger charge is -2.20. The van der Waals surface area contributed by atoms with Gasteiger partial charge in [0.25, 0.3) is 17.7 Å². The van der Waals surface area contributed by atoms with Crippen molar-refractivity contribution in [1.29, 1.82) is 0 Å². The van der Waals surface area contributed by atoms with Crippen LogP contribution in [0.3, 0.4) is 0 Å². The summed E-state index contributed by atoms with van der Waals surface area (Å²) in [5.74, 6) is 0.534. The van der Waals surface area contributed by atoms with Gasteiger partial charge in [-0.15, -0.1) is 0 Å². The zero-order chi connectivity index (χ0) is 32.4. The molecule has 0 saturated carbocycles. The maximum Gasteiger partial charge on any atom is 0.272 e. The standard InChI is InChI=1S/C33H41N7O6/c1-37-19-21(14-26(37)31(42)36-22-15-27(38(2)20-22)33(44)39-10-4-5-11-39)35-30(41)9-7-13-46-29-17-25-24(16-28(29)45-3)32(43)40-12-6-8-23(40)18-34-25/h14-20,23,30,35,41H,4-13H2,1-3H3,(H,36,42)/t23-,30?/m0/s1. The Morgan fingerprint density at radius 3 is 2.52 bits per heavy atom. The molecule has 0 bridgehead atoms. The largest absolute Gasteiger partial charge is 0.493 e. The summed E-state index contributed by atoms with van der Waals surface area (Å²) in [5.41, 5.74) is 3.12. The van der Waals surface area contributed by atoms with E-state index in [-0.39, 0.29) is 23.8 Å². The molecule has 2 atom stereocenters. The highest BCUT2D eigenvalue weighted by Crippen LogP contribution is 2.38. The normalized spacial score (nSPS) is 17.8. The number of aryl methyl sites for hydroxylation is 2. The van der Waals surface area contributed by atoms with Crippen molar-refractivity contribution in [2.24, 2.45) is 19.1 Å². The molecule has 3 aromatic rings. The second kappa shape index (κ2) is 13.3. The zero-order valence-electron chi connectivity index (χ0n) is 26.5. The summed E-state index contributed by atoms with van der Waals surface area (Å²) in [6, 6.07) is 6.81. The highest BCUT2D eigenvalue weighted by molar-refractivity contribution is 6.05. The van der Waals surface area contributed by atoms with Crippen LogP contribution in [0.25, 0.3) is 0 Å². The van der Waals surface area contributed by atoms with Crippen molar-refractivity contribution < 1.29 is 29.0 Å². The van der Waals surface area contributed by atoms with Gasteiger partial charge in [0, 0.05) is 58.4 Å². The van der Waals surface area contributed by atoms with Crippen LogP contribution in [0.2, 0.25) is 0 Å². The lowest BCUT2D eigenvalue weighted by Crippen LogP contribution is -2.35. The van der Waals surface area contributed by atoms with Gasteiger partial charge in [0.1, 0.15) is 17.6 Å². The quantitative estimate of drug-likeness (QED) is 0.216. The Morgan fingerprint density at radius 1 is 1.00 bits per heavy atom. The molecule has 13 nitrogen and oxygen atoms in total. The van der Waals surface area contributed by atoms with Crippen LogP contribution in [0.1, 0.15) is 69.9 Å². The Kier molecular flexibility index (Phi) is 9.02. The van der Waals surface area contributed by atoms with Crippen molar-refractivity contribution in [3.05, 3.63) is 53.6 Å². The number of rotatable bonds is 11. The first-order valence-electron chi connectivity index (χ1n) is 15.8. The number of hydrogen-bond acceptors (Lipinski definition) is 8. The third kappa shape index (κ3) is 6.45. The molecule has 3 amide bonds. The molecule has 0 aliphatic carbocycles. The molecule has 5 heterocycles. The number of nitrogens with zero attached hydrogens (tertiary/aromatic N) is 5. The third-order valence-corrected chi connectivity index (χ3v) is 8.78. The molecule has 3 aliphatic rings. The molecule has 2 aromatic heterocycles. The van der Waals surface area contributed by atoms with Gasteiger partial charge in [-0.25, -0.2) is 0 Å². The van der Waals surface area contributed by atoms with Crippen LogP contribution in [-0.4, -0.2) is 93.6 Å². The van der Waals surface area contributed by atoms with E-state index in [0.29, 0.717) is 65.0 Å². The number of nitrogens with one attached hydrogen (secondary N) is 2. The lowest BCUT2D eigenvalue weighted by molar-refractivity contribution is 0.0770. The second-order valence-electron chi connectivity index (χ2n) is 12.1. The van der Waals surface area contributed by atoms with E-state index in [2.05, 4.69) is 15.6 Å². The summed E-state index contributed by atoms with van der Waals surface area (Å²) in [5, 5.41) is 16.6. The zero-order valence-corrected chi connectivity index (χ0v) is 26.5. The summed E-state index contributed by atoms with van der Waals surface area (Å²) in [6.07, 6.45) is 9.23. The van der Waals surface area contributed by atoms with Crippen LogP contribution >= 0.6 is 0 Å². The summed E-state index contributed by atoms with van der Waals surface area (Å²) in [6.45, 7) is 2.54. The maximum atomic E-state index is 13.1. The van der Waals surface area contributed by atoms with Gasteiger partial charge in [0.2, 0.25) is 0 Å². The number of likely N-dealkylation sites (tertiary alicyclic amines) is 1. The number of aliphatic hydroxyl groups is 1. The number of carbonyl (C=O) groups is 3. The number of anilines is 2. The fraction of sp³-hybridized carbons (Fsp3) is 0.455. The number of fused-ring (bicyclic) bond motifs is 2. The molecule has 1 aromatic carbocycles. The van der Waals surface area contributed by atoms with Crippen molar-refractivity contribution in [2.75, 3.05) is 44.0 Å². The topological polar surface area (TPSA) is 143 Å². The minimum absolute atomic E-state index is 0.0211. The Labute approximate surface area is 267 Å². The Balaban J connectivity index is 1.00. The van der Waals surface area contributed by atoms with Crippen LogP contribution in [0.15, 0.2) is 41.7 Å². The molecule has 3 N–H and O–H groups in total. The van der Waals surface area contributed by atoms with Gasteiger partial charge in [-0.1, -0.05) is 0 Å². The summed E-state index contributed by atoms with van der Waals surface area (Å²) in [7, 11) is 5.08. The van der Waals surface area contributed by atoms with Crippen LogP contribution in [0.5, 0.6) is 11.5 Å². The number of aliphatic hydroxyl groups excluding tert-OH is 1. The third-order valence-electron chi connectivity index (χ3n) is 8.78. The molecule has 244 valence electrons. The van der Waals surface area contributed by atoms with Crippen LogP contribution in [0, 0.1) is 0 Å². The number of aliphatic imine (C=N–C) groups is 1. The van der Waals surface area contributed by atoms with Crippen LogP contribution in [-0.2, 0) is 14.1 Å². The molecular weight excluding hydrogens is 590 g/mol. The SMILES string of the molecule is COc1cc2c(cc1OCCCC(O)Nc1cc(C(=O)Nc3cc(C(=O)N4CCCC4)n(C)c3)n(C)c1)N=C[C@@H]1CCCN1C2=O. The first-order valence-corrected chi connectivity index (χ1v) is 15.8. The number of aromatic nitrogens is 2. The van der Waals surface area contributed by atoms with Crippen molar-refractivity contribution >= 4 is 41.0 Å². The molecule has 6 rings (SSSR count). The smallest absolute Gasteiger partial charge is 0.272 e. The molecule has 46 heavy (non-hydrogen) atoms.